The van der Waals surface area contributed by atoms with E-state index in [2.05, 4.69) is 9.88 Å². The molecule has 1 saturated heterocycles. The van der Waals surface area contributed by atoms with Gasteiger partial charge in [-0.3, -0.25) is 9.69 Å². The first kappa shape index (κ1) is 22.6. The molecule has 0 bridgehead atoms. The van der Waals surface area contributed by atoms with Crippen LogP contribution < -0.4 is 14.2 Å². The summed E-state index contributed by atoms with van der Waals surface area (Å²) in [4.78, 5) is 20.3. The zero-order valence-corrected chi connectivity index (χ0v) is 19.7. The number of aromatic nitrogens is 1. The Morgan fingerprint density at radius 1 is 0.969 bits per heavy atom. The standard InChI is InChI=1S/C23H25Cl2N3O4/c1-30-18-7-4-14(21(31-2)22(18)32-3)13-27-8-10-28(11-9-27)23(29)20-19(25)16-12-15(24)5-6-17(16)26-20/h4-7,12,26H,8-11,13H2,1-3H3. The largest absolute Gasteiger partial charge is 0.493 e. The molecular weight excluding hydrogens is 453 g/mol. The van der Waals surface area contributed by atoms with E-state index in [9.17, 15) is 4.79 Å². The van der Waals surface area contributed by atoms with Gasteiger partial charge in [-0.15, -0.1) is 0 Å². The number of halogens is 2. The fourth-order valence-electron chi connectivity index (χ4n) is 4.07. The number of aromatic amines is 1. The minimum atomic E-state index is -0.106. The number of carbonyl (C=O) groups excluding carboxylic acids is 1. The fraction of sp³-hybridized carbons (Fsp3) is 0.348. The minimum Gasteiger partial charge on any atom is -0.493 e. The Morgan fingerprint density at radius 2 is 1.69 bits per heavy atom. The number of ether oxygens (including phenoxy) is 3. The number of amides is 1. The van der Waals surface area contributed by atoms with E-state index in [4.69, 9.17) is 37.4 Å². The minimum absolute atomic E-state index is 0.106. The SMILES string of the molecule is COc1ccc(CN2CCN(C(=O)c3[nH]c4ccc(Cl)cc4c3Cl)CC2)c(OC)c1OC. The van der Waals surface area contributed by atoms with Crippen molar-refractivity contribution in [1.82, 2.24) is 14.8 Å². The number of rotatable bonds is 6. The smallest absolute Gasteiger partial charge is 0.271 e. The van der Waals surface area contributed by atoms with Crippen molar-refractivity contribution < 1.29 is 19.0 Å². The van der Waals surface area contributed by atoms with Crippen LogP contribution in [0.3, 0.4) is 0 Å². The number of methoxy groups -OCH3 is 3. The highest BCUT2D eigenvalue weighted by molar-refractivity contribution is 6.39. The molecule has 1 aromatic heterocycles. The van der Waals surface area contributed by atoms with Gasteiger partial charge in [0.05, 0.1) is 26.4 Å². The van der Waals surface area contributed by atoms with Crippen molar-refractivity contribution in [2.75, 3.05) is 47.5 Å². The lowest BCUT2D eigenvalue weighted by molar-refractivity contribution is 0.0622. The summed E-state index contributed by atoms with van der Waals surface area (Å²) in [6.07, 6.45) is 0. The van der Waals surface area contributed by atoms with Crippen molar-refractivity contribution in [1.29, 1.82) is 0 Å². The predicted octanol–water partition coefficient (Wildman–Crippen LogP) is 4.46. The van der Waals surface area contributed by atoms with E-state index in [1.165, 1.54) is 0 Å². The Hall–Kier alpha value is -2.61. The van der Waals surface area contributed by atoms with E-state index in [0.29, 0.717) is 52.6 Å². The van der Waals surface area contributed by atoms with Gasteiger partial charge in [-0.1, -0.05) is 29.3 Å². The molecule has 1 amide bonds. The van der Waals surface area contributed by atoms with Gasteiger partial charge in [0, 0.05) is 54.2 Å². The molecule has 0 spiro atoms. The van der Waals surface area contributed by atoms with Crippen LogP contribution in [0.25, 0.3) is 10.9 Å². The Balaban J connectivity index is 1.45. The van der Waals surface area contributed by atoms with Gasteiger partial charge in [-0.25, -0.2) is 0 Å². The summed E-state index contributed by atoms with van der Waals surface area (Å²) in [7, 11) is 4.81. The number of benzene rings is 2. The number of nitrogens with one attached hydrogen (secondary N) is 1. The number of carbonyl (C=O) groups is 1. The van der Waals surface area contributed by atoms with E-state index < -0.39 is 0 Å². The van der Waals surface area contributed by atoms with Crippen molar-refractivity contribution >= 4 is 40.0 Å². The Morgan fingerprint density at radius 3 is 2.34 bits per heavy atom. The monoisotopic (exact) mass is 477 g/mol. The highest BCUT2D eigenvalue weighted by Crippen LogP contribution is 2.40. The molecule has 7 nitrogen and oxygen atoms in total. The van der Waals surface area contributed by atoms with Gasteiger partial charge in [-0.2, -0.15) is 0 Å². The number of H-pyrrole nitrogens is 1. The van der Waals surface area contributed by atoms with Crippen LogP contribution in [0.2, 0.25) is 10.0 Å². The van der Waals surface area contributed by atoms with Crippen molar-refractivity contribution in [3.63, 3.8) is 0 Å². The molecule has 3 aromatic rings. The molecule has 0 aliphatic carbocycles. The van der Waals surface area contributed by atoms with E-state index in [1.54, 1.807) is 33.5 Å². The fourth-order valence-corrected chi connectivity index (χ4v) is 4.53. The first-order valence-corrected chi connectivity index (χ1v) is 11.0. The average molecular weight is 478 g/mol. The third-order valence-corrected chi connectivity index (χ3v) is 6.38. The molecule has 1 aliphatic heterocycles. The second-order valence-electron chi connectivity index (χ2n) is 7.57. The second kappa shape index (κ2) is 9.48. The first-order valence-electron chi connectivity index (χ1n) is 10.2. The van der Waals surface area contributed by atoms with Crippen LogP contribution in [0.4, 0.5) is 0 Å². The van der Waals surface area contributed by atoms with Crippen LogP contribution in [0.5, 0.6) is 17.2 Å². The first-order chi connectivity index (χ1) is 15.5. The number of fused-ring (bicyclic) bond motifs is 1. The van der Waals surface area contributed by atoms with Gasteiger partial charge in [0.1, 0.15) is 5.69 Å². The van der Waals surface area contributed by atoms with Crippen LogP contribution in [0.15, 0.2) is 30.3 Å². The summed E-state index contributed by atoms with van der Waals surface area (Å²) in [6.45, 7) is 3.33. The van der Waals surface area contributed by atoms with Crippen molar-refractivity contribution in [2.45, 2.75) is 6.54 Å². The van der Waals surface area contributed by atoms with E-state index in [-0.39, 0.29) is 5.91 Å². The molecule has 1 N–H and O–H groups in total. The van der Waals surface area contributed by atoms with Crippen molar-refractivity contribution in [3.05, 3.63) is 51.6 Å². The maximum Gasteiger partial charge on any atom is 0.271 e. The van der Waals surface area contributed by atoms with Crippen LogP contribution in [0, 0.1) is 0 Å². The molecule has 170 valence electrons. The van der Waals surface area contributed by atoms with E-state index in [0.717, 1.165) is 29.6 Å². The highest BCUT2D eigenvalue weighted by Gasteiger charge is 2.27. The molecule has 0 saturated carbocycles. The Kier molecular flexibility index (Phi) is 6.69. The zero-order valence-electron chi connectivity index (χ0n) is 18.2. The molecule has 9 heteroatoms. The number of hydrogen-bond donors (Lipinski definition) is 1. The van der Waals surface area contributed by atoms with Crippen LogP contribution >= 0.6 is 23.2 Å². The molecule has 2 heterocycles. The quantitative estimate of drug-likeness (QED) is 0.567. The molecule has 0 unspecified atom stereocenters. The van der Waals surface area contributed by atoms with Gasteiger partial charge in [0.25, 0.3) is 5.91 Å². The van der Waals surface area contributed by atoms with Gasteiger partial charge in [0.2, 0.25) is 5.75 Å². The molecule has 1 fully saturated rings. The molecule has 32 heavy (non-hydrogen) atoms. The summed E-state index contributed by atoms with van der Waals surface area (Å²) in [6, 6.07) is 9.22. The number of hydrogen-bond acceptors (Lipinski definition) is 5. The van der Waals surface area contributed by atoms with Gasteiger partial charge in [0.15, 0.2) is 11.5 Å². The van der Waals surface area contributed by atoms with E-state index in [1.807, 2.05) is 23.1 Å². The highest BCUT2D eigenvalue weighted by atomic mass is 35.5. The predicted molar refractivity (Wildman–Crippen MR) is 126 cm³/mol. The molecule has 2 aromatic carbocycles. The number of nitrogens with zero attached hydrogens (tertiary/aromatic N) is 2. The molecule has 0 radical (unpaired) electrons. The van der Waals surface area contributed by atoms with Gasteiger partial charge in [-0.05, 0) is 24.3 Å². The maximum absolute atomic E-state index is 13.1. The van der Waals surface area contributed by atoms with Crippen LogP contribution in [-0.2, 0) is 6.54 Å². The topological polar surface area (TPSA) is 67.0 Å². The third-order valence-electron chi connectivity index (χ3n) is 5.75. The average Bonchev–Trinajstić information content (AvgIpc) is 3.14. The molecule has 4 rings (SSSR count). The lowest BCUT2D eigenvalue weighted by Gasteiger charge is -2.35. The molecule has 0 atom stereocenters. The summed E-state index contributed by atoms with van der Waals surface area (Å²) >= 11 is 12.6. The molecule has 1 aliphatic rings. The normalized spacial score (nSPS) is 14.6. The van der Waals surface area contributed by atoms with Gasteiger partial charge < -0.3 is 24.1 Å². The van der Waals surface area contributed by atoms with Crippen LogP contribution in [0.1, 0.15) is 16.1 Å². The summed E-state index contributed by atoms with van der Waals surface area (Å²) in [5.41, 5.74) is 2.20. The summed E-state index contributed by atoms with van der Waals surface area (Å²) < 4.78 is 16.4. The third kappa shape index (κ3) is 4.20. The summed E-state index contributed by atoms with van der Waals surface area (Å²) in [5, 5.41) is 1.74. The maximum atomic E-state index is 13.1. The Labute approximate surface area is 196 Å². The lowest BCUT2D eigenvalue weighted by atomic mass is 10.1. The van der Waals surface area contributed by atoms with Crippen molar-refractivity contribution in [2.24, 2.45) is 0 Å². The van der Waals surface area contributed by atoms with E-state index >= 15 is 0 Å². The molecular formula is C23H25Cl2N3O4. The zero-order chi connectivity index (χ0) is 22.8. The van der Waals surface area contributed by atoms with Gasteiger partial charge >= 0.3 is 0 Å². The number of piperazine rings is 1. The van der Waals surface area contributed by atoms with Crippen LogP contribution in [-0.4, -0.2) is 68.2 Å². The second-order valence-corrected chi connectivity index (χ2v) is 8.38. The lowest BCUT2D eigenvalue weighted by Crippen LogP contribution is -2.48. The Bertz CT molecular complexity index is 1140. The summed E-state index contributed by atoms with van der Waals surface area (Å²) in [5.74, 6) is 1.76. The van der Waals surface area contributed by atoms with Crippen molar-refractivity contribution in [3.8, 4) is 17.2 Å².